The number of amides is 1. The van der Waals surface area contributed by atoms with Crippen LogP contribution < -0.4 is 34.3 Å². The van der Waals surface area contributed by atoms with Crippen molar-refractivity contribution < 1.29 is 33.3 Å². The molecule has 4 heteroatoms. The van der Waals surface area contributed by atoms with Crippen molar-refractivity contribution >= 4 is 5.91 Å². The molecule has 0 aliphatic carbocycles. The topological polar surface area (TPSA) is 47.0 Å². The first-order valence-electron chi connectivity index (χ1n) is 9.02. The summed E-state index contributed by atoms with van der Waals surface area (Å²) in [7, 11) is 1.90. The summed E-state index contributed by atoms with van der Waals surface area (Å²) < 4.78 is 1.88. The Balaban J connectivity index is 0.00000261. The van der Waals surface area contributed by atoms with Gasteiger partial charge < -0.3 is 29.7 Å². The van der Waals surface area contributed by atoms with E-state index in [1.165, 1.54) is 16.7 Å². The summed E-state index contributed by atoms with van der Waals surface area (Å²) in [6.45, 7) is 0. The number of aromatic nitrogens is 1. The summed E-state index contributed by atoms with van der Waals surface area (Å²) in [4.78, 5) is 11.9. The zero-order valence-corrected chi connectivity index (χ0v) is 17.7. The fourth-order valence-electron chi connectivity index (χ4n) is 3.39. The first-order valence-corrected chi connectivity index (χ1v) is 9.02. The zero-order valence-electron chi connectivity index (χ0n) is 15.6. The average Bonchev–Trinajstić information content (AvgIpc) is 2.66. The fraction of sp³-hybridized carbons (Fsp3) is 0.217. The third kappa shape index (κ3) is 5.89. The first kappa shape index (κ1) is 21.1. The predicted octanol–water partition coefficient (Wildman–Crippen LogP) is 0.184. The lowest BCUT2D eigenvalue weighted by Gasteiger charge is -2.09. The van der Waals surface area contributed by atoms with Gasteiger partial charge in [0.05, 0.1) is 0 Å². The Morgan fingerprint density at radius 2 is 1.30 bits per heavy atom. The first-order chi connectivity index (χ1) is 12.6. The quantitative estimate of drug-likeness (QED) is 0.388. The molecule has 2 aromatic carbocycles. The van der Waals surface area contributed by atoms with Gasteiger partial charge in [0.2, 0.25) is 0 Å². The van der Waals surface area contributed by atoms with Gasteiger partial charge in [0.25, 0.3) is 5.69 Å². The van der Waals surface area contributed by atoms with E-state index in [9.17, 15) is 4.79 Å². The number of hydrogen-bond acceptors (Lipinski definition) is 1. The van der Waals surface area contributed by atoms with E-state index >= 15 is 0 Å². The van der Waals surface area contributed by atoms with E-state index in [1.54, 1.807) is 0 Å². The Hall–Kier alpha value is -2.21. The molecular formula is C23H25IN2O. The highest BCUT2D eigenvalue weighted by Gasteiger charge is 2.20. The summed E-state index contributed by atoms with van der Waals surface area (Å²) in [5, 5.41) is 0. The van der Waals surface area contributed by atoms with Crippen LogP contribution in [0, 0.1) is 0 Å². The molecule has 3 rings (SSSR count). The fourth-order valence-corrected chi connectivity index (χ4v) is 3.39. The second-order valence-corrected chi connectivity index (χ2v) is 6.67. The van der Waals surface area contributed by atoms with Crippen molar-refractivity contribution in [3.63, 3.8) is 0 Å². The Morgan fingerprint density at radius 3 is 1.81 bits per heavy atom. The minimum absolute atomic E-state index is 0. The van der Waals surface area contributed by atoms with Crippen molar-refractivity contribution in [2.75, 3.05) is 0 Å². The number of pyridine rings is 1. The standard InChI is InChI=1S/C23H24N2O.HI/c1-25-17-20(13-12-18-8-4-2-5-9-18)16-21(22(25)23(24)26)15-14-19-10-6-3-7-11-19;/h2-11,16-17H,12-15H2,1H3,(H-,24,26);1H. The molecule has 0 saturated heterocycles. The predicted molar refractivity (Wildman–Crippen MR) is 104 cm³/mol. The average molecular weight is 472 g/mol. The minimum Gasteiger partial charge on any atom is -1.00 e. The van der Waals surface area contributed by atoms with Crippen LogP contribution in [0.25, 0.3) is 0 Å². The van der Waals surface area contributed by atoms with Crippen LogP contribution in [0.4, 0.5) is 0 Å². The van der Waals surface area contributed by atoms with Gasteiger partial charge >= 0.3 is 5.91 Å². The Labute approximate surface area is 178 Å². The smallest absolute Gasteiger partial charge is 0.313 e. The minimum atomic E-state index is -0.370. The second-order valence-electron chi connectivity index (χ2n) is 6.67. The van der Waals surface area contributed by atoms with Gasteiger partial charge in [-0.3, -0.25) is 4.79 Å². The molecule has 0 saturated carbocycles. The molecule has 3 nitrogen and oxygen atoms in total. The molecule has 0 aliphatic heterocycles. The Morgan fingerprint density at radius 1 is 0.815 bits per heavy atom. The van der Waals surface area contributed by atoms with Gasteiger partial charge in [-0.05, 0) is 42.9 Å². The van der Waals surface area contributed by atoms with Crippen molar-refractivity contribution in [3.8, 4) is 0 Å². The third-order valence-electron chi connectivity index (χ3n) is 4.68. The van der Waals surface area contributed by atoms with Crippen molar-refractivity contribution in [1.29, 1.82) is 0 Å². The molecule has 0 radical (unpaired) electrons. The van der Waals surface area contributed by atoms with Crippen molar-refractivity contribution in [1.82, 2.24) is 0 Å². The monoisotopic (exact) mass is 472 g/mol. The summed E-state index contributed by atoms with van der Waals surface area (Å²) in [5.74, 6) is -0.370. The second kappa shape index (κ2) is 10.2. The molecule has 0 aliphatic rings. The molecule has 1 amide bonds. The van der Waals surface area contributed by atoms with Crippen LogP contribution >= 0.6 is 0 Å². The van der Waals surface area contributed by atoms with Gasteiger partial charge in [-0.25, -0.2) is 0 Å². The number of nitrogens with zero attached hydrogens (tertiary/aromatic N) is 1. The van der Waals surface area contributed by atoms with Crippen LogP contribution in [0.5, 0.6) is 0 Å². The number of carbonyl (C=O) groups is 1. The lowest BCUT2D eigenvalue weighted by molar-refractivity contribution is -0.674. The number of benzene rings is 2. The van der Waals surface area contributed by atoms with E-state index in [1.807, 2.05) is 42.1 Å². The summed E-state index contributed by atoms with van der Waals surface area (Å²) >= 11 is 0. The number of rotatable bonds is 7. The molecule has 0 unspecified atom stereocenters. The van der Waals surface area contributed by atoms with E-state index in [-0.39, 0.29) is 29.9 Å². The number of aryl methyl sites for hydroxylation is 5. The number of hydrogen-bond donors (Lipinski definition) is 1. The normalized spacial score (nSPS) is 10.3. The largest absolute Gasteiger partial charge is 1.00 e. The Bertz CT molecular complexity index is 880. The molecular weight excluding hydrogens is 447 g/mol. The van der Waals surface area contributed by atoms with Crippen molar-refractivity contribution in [2.45, 2.75) is 25.7 Å². The van der Waals surface area contributed by atoms with Crippen LogP contribution in [0.1, 0.15) is 32.7 Å². The summed E-state index contributed by atoms with van der Waals surface area (Å²) in [5.41, 5.74) is 11.1. The zero-order chi connectivity index (χ0) is 18.4. The highest BCUT2D eigenvalue weighted by atomic mass is 127. The SMILES string of the molecule is C[n+]1cc(CCc2ccccc2)cc(CCc2ccccc2)c1C(N)=O.[I-]. The molecule has 140 valence electrons. The van der Waals surface area contributed by atoms with E-state index < -0.39 is 0 Å². The molecule has 0 bridgehead atoms. The lowest BCUT2D eigenvalue weighted by atomic mass is 9.98. The molecule has 27 heavy (non-hydrogen) atoms. The van der Waals surface area contributed by atoms with Gasteiger partial charge in [-0.15, -0.1) is 0 Å². The molecule has 1 heterocycles. The van der Waals surface area contributed by atoms with Gasteiger partial charge in [0.15, 0.2) is 6.20 Å². The van der Waals surface area contributed by atoms with Crippen LogP contribution in [0.3, 0.4) is 0 Å². The number of carbonyl (C=O) groups excluding carboxylic acids is 1. The number of primary amides is 1. The summed E-state index contributed by atoms with van der Waals surface area (Å²) in [6.07, 6.45) is 5.64. The maximum atomic E-state index is 11.9. The molecule has 2 N–H and O–H groups in total. The van der Waals surface area contributed by atoms with Gasteiger partial charge in [0, 0.05) is 11.1 Å². The van der Waals surface area contributed by atoms with E-state index in [4.69, 9.17) is 5.73 Å². The number of halogens is 1. The molecule has 1 aromatic heterocycles. The van der Waals surface area contributed by atoms with Gasteiger partial charge in [-0.1, -0.05) is 60.7 Å². The van der Waals surface area contributed by atoms with Gasteiger partial charge in [0.1, 0.15) is 7.05 Å². The Kier molecular flexibility index (Phi) is 7.98. The maximum absolute atomic E-state index is 11.9. The van der Waals surface area contributed by atoms with E-state index in [0.717, 1.165) is 31.2 Å². The van der Waals surface area contributed by atoms with E-state index in [2.05, 4.69) is 42.5 Å². The lowest BCUT2D eigenvalue weighted by Crippen LogP contribution is -3.00. The molecule has 0 fully saturated rings. The van der Waals surface area contributed by atoms with Crippen LogP contribution in [-0.2, 0) is 32.7 Å². The van der Waals surface area contributed by atoms with Crippen LogP contribution in [-0.4, -0.2) is 5.91 Å². The highest BCUT2D eigenvalue weighted by molar-refractivity contribution is 5.90. The maximum Gasteiger partial charge on any atom is 0.313 e. The van der Waals surface area contributed by atoms with Crippen LogP contribution in [0.2, 0.25) is 0 Å². The molecule has 0 spiro atoms. The third-order valence-corrected chi connectivity index (χ3v) is 4.68. The molecule has 0 atom stereocenters. The van der Waals surface area contributed by atoms with Crippen molar-refractivity contribution in [2.24, 2.45) is 12.8 Å². The van der Waals surface area contributed by atoms with Crippen LogP contribution in [0.15, 0.2) is 72.9 Å². The van der Waals surface area contributed by atoms with Crippen molar-refractivity contribution in [3.05, 3.63) is 101 Å². The summed E-state index contributed by atoms with van der Waals surface area (Å²) in [6, 6.07) is 22.9. The van der Waals surface area contributed by atoms with Gasteiger partial charge in [-0.2, -0.15) is 4.57 Å². The number of nitrogens with two attached hydrogens (primary N) is 1. The highest BCUT2D eigenvalue weighted by Crippen LogP contribution is 2.14. The molecule has 3 aromatic rings. The van der Waals surface area contributed by atoms with E-state index in [0.29, 0.717) is 5.69 Å².